The maximum atomic E-state index is 5.48. The average molecular weight is 306 g/mol. The fourth-order valence-electron chi connectivity index (χ4n) is 3.11. The van der Waals surface area contributed by atoms with Crippen molar-refractivity contribution in [2.45, 2.75) is 32.7 Å². The Kier molecular flexibility index (Phi) is 6.52. The van der Waals surface area contributed by atoms with E-state index in [-0.39, 0.29) is 0 Å². The molecule has 0 radical (unpaired) electrons. The Morgan fingerprint density at radius 2 is 1.73 bits per heavy atom. The van der Waals surface area contributed by atoms with E-state index in [1.54, 1.807) is 14.2 Å². The van der Waals surface area contributed by atoms with Crippen molar-refractivity contribution in [2.75, 3.05) is 40.4 Å². The summed E-state index contributed by atoms with van der Waals surface area (Å²) >= 11 is 0. The van der Waals surface area contributed by atoms with E-state index in [0.717, 1.165) is 43.6 Å². The predicted octanol–water partition coefficient (Wildman–Crippen LogP) is 3.09. The van der Waals surface area contributed by atoms with Gasteiger partial charge in [0.1, 0.15) is 0 Å². The van der Waals surface area contributed by atoms with Gasteiger partial charge in [0, 0.05) is 32.2 Å². The molecule has 2 rings (SSSR count). The van der Waals surface area contributed by atoms with E-state index in [9.17, 15) is 0 Å². The van der Waals surface area contributed by atoms with E-state index in [1.807, 2.05) is 6.07 Å². The van der Waals surface area contributed by atoms with Crippen LogP contribution >= 0.6 is 0 Å². The summed E-state index contributed by atoms with van der Waals surface area (Å²) in [6.45, 7) is 8.96. The van der Waals surface area contributed by atoms with E-state index in [1.165, 1.54) is 18.4 Å². The van der Waals surface area contributed by atoms with Crippen LogP contribution in [-0.2, 0) is 0 Å². The van der Waals surface area contributed by atoms with Crippen LogP contribution in [0.5, 0.6) is 11.5 Å². The molecule has 0 bridgehead atoms. The SMILES string of the molecule is COc1ccc([C@H](CCC(C)C)N2CCNCC2)cc1OC. The van der Waals surface area contributed by atoms with Crippen molar-refractivity contribution < 1.29 is 9.47 Å². The van der Waals surface area contributed by atoms with Crippen LogP contribution in [-0.4, -0.2) is 45.3 Å². The van der Waals surface area contributed by atoms with E-state index >= 15 is 0 Å². The Morgan fingerprint density at radius 1 is 1.05 bits per heavy atom. The molecule has 1 heterocycles. The Hall–Kier alpha value is -1.26. The molecule has 1 aliphatic rings. The number of methoxy groups -OCH3 is 2. The second kappa shape index (κ2) is 8.39. The highest BCUT2D eigenvalue weighted by Crippen LogP contribution is 2.34. The van der Waals surface area contributed by atoms with Crippen LogP contribution in [0, 0.1) is 5.92 Å². The fourth-order valence-corrected chi connectivity index (χ4v) is 3.11. The number of piperazine rings is 1. The summed E-state index contributed by atoms with van der Waals surface area (Å²) in [6.07, 6.45) is 2.43. The van der Waals surface area contributed by atoms with Gasteiger partial charge in [-0.3, -0.25) is 4.90 Å². The zero-order chi connectivity index (χ0) is 15.9. The first kappa shape index (κ1) is 17.1. The van der Waals surface area contributed by atoms with E-state index in [0.29, 0.717) is 6.04 Å². The molecule has 0 amide bonds. The van der Waals surface area contributed by atoms with Crippen molar-refractivity contribution in [3.8, 4) is 11.5 Å². The summed E-state index contributed by atoms with van der Waals surface area (Å²) in [5.74, 6) is 2.35. The van der Waals surface area contributed by atoms with Crippen molar-refractivity contribution in [3.63, 3.8) is 0 Å². The van der Waals surface area contributed by atoms with E-state index in [2.05, 4.69) is 36.2 Å². The van der Waals surface area contributed by atoms with Gasteiger partial charge >= 0.3 is 0 Å². The maximum absolute atomic E-state index is 5.48. The lowest BCUT2D eigenvalue weighted by molar-refractivity contribution is 0.159. The van der Waals surface area contributed by atoms with E-state index in [4.69, 9.17) is 9.47 Å². The summed E-state index contributed by atoms with van der Waals surface area (Å²) in [4.78, 5) is 2.60. The molecule has 1 atom stereocenters. The molecule has 124 valence electrons. The normalized spacial score (nSPS) is 17.5. The number of hydrogen-bond donors (Lipinski definition) is 1. The maximum Gasteiger partial charge on any atom is 0.161 e. The number of nitrogens with one attached hydrogen (secondary N) is 1. The topological polar surface area (TPSA) is 33.7 Å². The molecule has 0 aliphatic carbocycles. The van der Waals surface area contributed by atoms with Gasteiger partial charge in [-0.25, -0.2) is 0 Å². The molecule has 1 saturated heterocycles. The van der Waals surface area contributed by atoms with Crippen LogP contribution < -0.4 is 14.8 Å². The quantitative estimate of drug-likeness (QED) is 0.839. The lowest BCUT2D eigenvalue weighted by atomic mass is 9.95. The zero-order valence-corrected chi connectivity index (χ0v) is 14.4. The molecule has 0 unspecified atom stereocenters. The first-order valence-corrected chi connectivity index (χ1v) is 8.32. The molecule has 0 saturated carbocycles. The van der Waals surface area contributed by atoms with Gasteiger partial charge in [-0.05, 0) is 36.5 Å². The first-order valence-electron chi connectivity index (χ1n) is 8.32. The molecular weight excluding hydrogens is 276 g/mol. The third kappa shape index (κ3) is 4.37. The average Bonchev–Trinajstić information content (AvgIpc) is 2.55. The highest BCUT2D eigenvalue weighted by molar-refractivity contribution is 5.43. The van der Waals surface area contributed by atoms with Gasteiger partial charge in [0.25, 0.3) is 0 Å². The minimum atomic E-state index is 0.462. The van der Waals surface area contributed by atoms with Gasteiger partial charge in [0.2, 0.25) is 0 Å². The van der Waals surface area contributed by atoms with E-state index < -0.39 is 0 Å². The van der Waals surface area contributed by atoms with Crippen molar-refractivity contribution >= 4 is 0 Å². The van der Waals surface area contributed by atoms with Gasteiger partial charge in [0.15, 0.2) is 11.5 Å². The monoisotopic (exact) mass is 306 g/mol. The van der Waals surface area contributed by atoms with Crippen LogP contribution in [0.15, 0.2) is 18.2 Å². The standard InChI is InChI=1S/C18H30N2O2/c1-14(2)5-7-16(20-11-9-19-10-12-20)15-6-8-17(21-3)18(13-15)22-4/h6,8,13-14,16,19H,5,7,9-12H2,1-4H3/t16-/m0/s1. The smallest absolute Gasteiger partial charge is 0.161 e. The number of benzene rings is 1. The molecule has 1 fully saturated rings. The summed E-state index contributed by atoms with van der Waals surface area (Å²) in [5, 5.41) is 3.44. The Balaban J connectivity index is 2.22. The number of rotatable bonds is 7. The molecule has 1 aliphatic heterocycles. The third-order valence-electron chi connectivity index (χ3n) is 4.40. The molecule has 22 heavy (non-hydrogen) atoms. The zero-order valence-electron chi connectivity index (χ0n) is 14.4. The van der Waals surface area contributed by atoms with Crippen molar-refractivity contribution in [3.05, 3.63) is 23.8 Å². The highest BCUT2D eigenvalue weighted by Gasteiger charge is 2.23. The minimum Gasteiger partial charge on any atom is -0.493 e. The van der Waals surface area contributed by atoms with Crippen molar-refractivity contribution in [1.82, 2.24) is 10.2 Å². The summed E-state index contributed by atoms with van der Waals surface area (Å²) in [5.41, 5.74) is 1.33. The second-order valence-electron chi connectivity index (χ2n) is 6.39. The molecule has 1 aromatic rings. The van der Waals surface area contributed by atoms with Gasteiger partial charge in [-0.15, -0.1) is 0 Å². The Labute approximate surface area is 134 Å². The number of nitrogens with zero attached hydrogens (tertiary/aromatic N) is 1. The first-order chi connectivity index (χ1) is 10.7. The van der Waals surface area contributed by atoms with Crippen molar-refractivity contribution in [2.24, 2.45) is 5.92 Å². The summed E-state index contributed by atoms with van der Waals surface area (Å²) in [6, 6.07) is 6.82. The van der Waals surface area contributed by atoms with Crippen LogP contribution in [0.4, 0.5) is 0 Å². The van der Waals surface area contributed by atoms with Crippen LogP contribution in [0.3, 0.4) is 0 Å². The third-order valence-corrected chi connectivity index (χ3v) is 4.40. The van der Waals surface area contributed by atoms with Crippen LogP contribution in [0.2, 0.25) is 0 Å². The summed E-state index contributed by atoms with van der Waals surface area (Å²) < 4.78 is 10.9. The molecule has 0 spiro atoms. The number of ether oxygens (including phenoxy) is 2. The predicted molar refractivity (Wildman–Crippen MR) is 90.8 cm³/mol. The van der Waals surface area contributed by atoms with Crippen LogP contribution in [0.1, 0.15) is 38.3 Å². The van der Waals surface area contributed by atoms with Gasteiger partial charge < -0.3 is 14.8 Å². The Bertz CT molecular complexity index is 456. The van der Waals surface area contributed by atoms with Crippen molar-refractivity contribution in [1.29, 1.82) is 0 Å². The molecule has 1 N–H and O–H groups in total. The highest BCUT2D eigenvalue weighted by atomic mass is 16.5. The molecule has 4 heteroatoms. The molecular formula is C18H30N2O2. The van der Waals surface area contributed by atoms with Gasteiger partial charge in [-0.1, -0.05) is 19.9 Å². The summed E-state index contributed by atoms with van der Waals surface area (Å²) in [7, 11) is 3.39. The fraction of sp³-hybridized carbons (Fsp3) is 0.667. The van der Waals surface area contributed by atoms with Gasteiger partial charge in [-0.2, -0.15) is 0 Å². The van der Waals surface area contributed by atoms with Crippen LogP contribution in [0.25, 0.3) is 0 Å². The molecule has 0 aromatic heterocycles. The molecule has 1 aromatic carbocycles. The minimum absolute atomic E-state index is 0.462. The largest absolute Gasteiger partial charge is 0.493 e. The Morgan fingerprint density at radius 3 is 2.32 bits per heavy atom. The lowest BCUT2D eigenvalue weighted by Crippen LogP contribution is -2.45. The second-order valence-corrected chi connectivity index (χ2v) is 6.39. The van der Waals surface area contributed by atoms with Gasteiger partial charge in [0.05, 0.1) is 14.2 Å². The molecule has 4 nitrogen and oxygen atoms in total. The lowest BCUT2D eigenvalue weighted by Gasteiger charge is -2.36. The number of hydrogen-bond acceptors (Lipinski definition) is 4.